The van der Waals surface area contributed by atoms with Gasteiger partial charge in [-0.25, -0.2) is 0 Å². The number of amides is 2. The highest BCUT2D eigenvalue weighted by Gasteiger charge is 2.11. The zero-order chi connectivity index (χ0) is 12.8. The molecule has 4 N–H and O–H groups in total. The maximum atomic E-state index is 11.6. The number of phenols is 1. The summed E-state index contributed by atoms with van der Waals surface area (Å²) in [6.07, 6.45) is 0.437. The molecule has 1 aromatic rings. The predicted octanol–water partition coefficient (Wildman–Crippen LogP) is 1.23. The summed E-state index contributed by atoms with van der Waals surface area (Å²) >= 11 is 0. The number of rotatable bonds is 5. The molecule has 0 unspecified atom stereocenters. The topological polar surface area (TPSA) is 92.4 Å². The molecule has 1 atom stereocenters. The molecule has 1 rings (SSSR count). The van der Waals surface area contributed by atoms with E-state index in [0.717, 1.165) is 0 Å². The van der Waals surface area contributed by atoms with Crippen LogP contribution in [-0.2, 0) is 9.59 Å². The molecule has 0 spiro atoms. The molecule has 0 aliphatic carbocycles. The predicted molar refractivity (Wildman–Crippen MR) is 64.3 cm³/mol. The maximum absolute atomic E-state index is 11.6. The van der Waals surface area contributed by atoms with E-state index in [-0.39, 0.29) is 30.4 Å². The van der Waals surface area contributed by atoms with Gasteiger partial charge in [0.1, 0.15) is 5.75 Å². The number of anilines is 1. The van der Waals surface area contributed by atoms with Crippen LogP contribution in [0.1, 0.15) is 19.8 Å². The third kappa shape index (κ3) is 5.01. The highest BCUT2D eigenvalue weighted by molar-refractivity contribution is 5.91. The van der Waals surface area contributed by atoms with E-state index < -0.39 is 5.91 Å². The fraction of sp³-hybridized carbons (Fsp3) is 0.333. The van der Waals surface area contributed by atoms with Crippen molar-refractivity contribution in [1.29, 1.82) is 0 Å². The van der Waals surface area contributed by atoms with Crippen molar-refractivity contribution >= 4 is 17.5 Å². The first-order valence-corrected chi connectivity index (χ1v) is 5.34. The lowest BCUT2D eigenvalue weighted by Crippen LogP contribution is -2.20. The molecule has 0 aliphatic heterocycles. The minimum atomic E-state index is -0.407. The van der Waals surface area contributed by atoms with Crippen molar-refractivity contribution in [3.8, 4) is 5.75 Å². The molecule has 5 heteroatoms. The highest BCUT2D eigenvalue weighted by atomic mass is 16.3. The lowest BCUT2D eigenvalue weighted by Gasteiger charge is -2.09. The molecule has 0 radical (unpaired) electrons. The summed E-state index contributed by atoms with van der Waals surface area (Å²) in [7, 11) is 0. The summed E-state index contributed by atoms with van der Waals surface area (Å²) in [4.78, 5) is 22.2. The van der Waals surface area contributed by atoms with Crippen molar-refractivity contribution in [2.75, 3.05) is 5.32 Å². The average Bonchev–Trinajstić information content (AvgIpc) is 2.19. The maximum Gasteiger partial charge on any atom is 0.224 e. The van der Waals surface area contributed by atoms with E-state index in [1.165, 1.54) is 12.1 Å². The molecular formula is C12H16N2O3. The van der Waals surface area contributed by atoms with Gasteiger partial charge in [-0.3, -0.25) is 9.59 Å². The molecule has 0 bridgehead atoms. The molecule has 0 aromatic heterocycles. The van der Waals surface area contributed by atoms with Crippen molar-refractivity contribution in [3.63, 3.8) is 0 Å². The Labute approximate surface area is 99.6 Å². The molecule has 1 aromatic carbocycles. The van der Waals surface area contributed by atoms with Gasteiger partial charge < -0.3 is 16.2 Å². The van der Waals surface area contributed by atoms with E-state index in [4.69, 9.17) is 10.8 Å². The van der Waals surface area contributed by atoms with Crippen LogP contribution in [0, 0.1) is 5.92 Å². The molecule has 0 heterocycles. The first-order chi connectivity index (χ1) is 7.97. The minimum Gasteiger partial charge on any atom is -0.508 e. The van der Waals surface area contributed by atoms with E-state index in [9.17, 15) is 9.59 Å². The second-order valence-electron chi connectivity index (χ2n) is 4.07. The molecule has 0 fully saturated rings. The Kier molecular flexibility index (Phi) is 4.51. The van der Waals surface area contributed by atoms with E-state index in [1.807, 2.05) is 0 Å². The number of carbonyl (C=O) groups is 2. The summed E-state index contributed by atoms with van der Waals surface area (Å²) in [5, 5.41) is 11.7. The zero-order valence-corrected chi connectivity index (χ0v) is 9.64. The number of phenolic OH excluding ortho intramolecular Hbond substituents is 1. The van der Waals surface area contributed by atoms with Gasteiger partial charge in [-0.1, -0.05) is 6.92 Å². The number of hydrogen-bond donors (Lipinski definition) is 3. The second-order valence-corrected chi connectivity index (χ2v) is 4.07. The van der Waals surface area contributed by atoms with Gasteiger partial charge in [0.05, 0.1) is 0 Å². The number of aromatic hydroxyl groups is 1. The number of nitrogens with one attached hydrogen (secondary N) is 1. The molecule has 0 saturated carbocycles. The summed E-state index contributed by atoms with van der Waals surface area (Å²) in [6.45, 7) is 1.79. The van der Waals surface area contributed by atoms with Gasteiger partial charge in [-0.2, -0.15) is 0 Å². The summed E-state index contributed by atoms with van der Waals surface area (Å²) in [6, 6.07) is 6.18. The molecular weight excluding hydrogens is 220 g/mol. The molecule has 0 aliphatic rings. The van der Waals surface area contributed by atoms with Crippen LogP contribution in [0.5, 0.6) is 5.75 Å². The quantitative estimate of drug-likeness (QED) is 0.671. The third-order valence-corrected chi connectivity index (χ3v) is 2.23. The Balaban J connectivity index is 2.44. The van der Waals surface area contributed by atoms with Gasteiger partial charge in [0.2, 0.25) is 11.8 Å². The van der Waals surface area contributed by atoms with E-state index in [2.05, 4.69) is 5.32 Å². The van der Waals surface area contributed by atoms with Gasteiger partial charge in [0, 0.05) is 18.5 Å². The van der Waals surface area contributed by atoms with Gasteiger partial charge in [-0.05, 0) is 30.2 Å². The lowest BCUT2D eigenvalue weighted by atomic mass is 10.0. The van der Waals surface area contributed by atoms with E-state index >= 15 is 0 Å². The summed E-state index contributed by atoms with van der Waals surface area (Å²) in [5.41, 5.74) is 5.65. The van der Waals surface area contributed by atoms with Crippen LogP contribution in [0.25, 0.3) is 0 Å². The van der Waals surface area contributed by atoms with Gasteiger partial charge in [0.25, 0.3) is 0 Å². The van der Waals surface area contributed by atoms with Crippen LogP contribution in [0.3, 0.4) is 0 Å². The van der Waals surface area contributed by atoms with Crippen molar-refractivity contribution in [3.05, 3.63) is 24.3 Å². The standard InChI is InChI=1S/C12H16N2O3/c1-8(6-11(13)16)7-12(17)14-9-2-4-10(15)5-3-9/h2-5,8,15H,6-7H2,1H3,(H2,13,16)(H,14,17)/t8-/m1/s1. The van der Waals surface area contributed by atoms with E-state index in [1.54, 1.807) is 19.1 Å². The van der Waals surface area contributed by atoms with Crippen molar-refractivity contribution in [1.82, 2.24) is 0 Å². The third-order valence-electron chi connectivity index (χ3n) is 2.23. The Bertz CT molecular complexity index is 401. The summed E-state index contributed by atoms with van der Waals surface area (Å²) < 4.78 is 0. The number of hydrogen-bond acceptors (Lipinski definition) is 3. The van der Waals surface area contributed by atoms with Crippen molar-refractivity contribution in [2.45, 2.75) is 19.8 Å². The number of nitrogens with two attached hydrogens (primary N) is 1. The van der Waals surface area contributed by atoms with Gasteiger partial charge in [-0.15, -0.1) is 0 Å². The molecule has 2 amide bonds. The van der Waals surface area contributed by atoms with Crippen LogP contribution >= 0.6 is 0 Å². The first kappa shape index (κ1) is 13.0. The Morgan fingerprint density at radius 1 is 1.29 bits per heavy atom. The second kappa shape index (κ2) is 5.89. The lowest BCUT2D eigenvalue weighted by molar-refractivity contribution is -0.119. The first-order valence-electron chi connectivity index (χ1n) is 5.34. The van der Waals surface area contributed by atoms with Crippen LogP contribution in [-0.4, -0.2) is 16.9 Å². The molecule has 17 heavy (non-hydrogen) atoms. The largest absolute Gasteiger partial charge is 0.508 e. The minimum absolute atomic E-state index is 0.0791. The highest BCUT2D eigenvalue weighted by Crippen LogP contribution is 2.15. The Morgan fingerprint density at radius 2 is 1.88 bits per heavy atom. The van der Waals surface area contributed by atoms with Crippen LogP contribution in [0.2, 0.25) is 0 Å². The van der Waals surface area contributed by atoms with Crippen molar-refractivity contribution in [2.24, 2.45) is 11.7 Å². The number of carbonyl (C=O) groups excluding carboxylic acids is 2. The van der Waals surface area contributed by atoms with Crippen LogP contribution in [0.15, 0.2) is 24.3 Å². The van der Waals surface area contributed by atoms with Gasteiger partial charge in [0.15, 0.2) is 0 Å². The molecule has 0 saturated heterocycles. The fourth-order valence-corrected chi connectivity index (χ4v) is 1.49. The zero-order valence-electron chi connectivity index (χ0n) is 9.64. The number of primary amides is 1. The van der Waals surface area contributed by atoms with Gasteiger partial charge >= 0.3 is 0 Å². The Hall–Kier alpha value is -2.04. The molecule has 5 nitrogen and oxygen atoms in total. The van der Waals surface area contributed by atoms with Crippen LogP contribution in [0.4, 0.5) is 5.69 Å². The normalized spacial score (nSPS) is 11.8. The monoisotopic (exact) mass is 236 g/mol. The fourth-order valence-electron chi connectivity index (χ4n) is 1.49. The molecule has 92 valence electrons. The average molecular weight is 236 g/mol. The number of benzene rings is 1. The van der Waals surface area contributed by atoms with Crippen molar-refractivity contribution < 1.29 is 14.7 Å². The van der Waals surface area contributed by atoms with Crippen LogP contribution < -0.4 is 11.1 Å². The smallest absolute Gasteiger partial charge is 0.224 e. The summed E-state index contributed by atoms with van der Waals surface area (Å²) in [5.74, 6) is -0.519. The SMILES string of the molecule is C[C@H](CC(N)=O)CC(=O)Nc1ccc(O)cc1. The van der Waals surface area contributed by atoms with E-state index in [0.29, 0.717) is 5.69 Å². The Morgan fingerprint density at radius 3 is 2.41 bits per heavy atom.